The van der Waals surface area contributed by atoms with E-state index in [2.05, 4.69) is 25.7 Å². The molecule has 2 heterocycles. The summed E-state index contributed by atoms with van der Waals surface area (Å²) in [6.07, 6.45) is 3.80. The van der Waals surface area contributed by atoms with Gasteiger partial charge in [-0.3, -0.25) is 14.5 Å². The third-order valence-electron chi connectivity index (χ3n) is 5.77. The maximum Gasteiger partial charge on any atom is 0.277 e. The standard InChI is InChI=1S/C24H33FN2O3/c1-4-5-12-30-13-6-11-27-23(28)21(19-7-9-20(25)10-8-19)22(24(27)29)26-15-17(2)14-18(3)16-26/h7-10,17-18H,4-6,11-16H2,1-3H3. The zero-order valence-corrected chi connectivity index (χ0v) is 18.3. The molecule has 0 spiro atoms. The Morgan fingerprint density at radius 3 is 2.27 bits per heavy atom. The summed E-state index contributed by atoms with van der Waals surface area (Å²) in [5.74, 6) is -0.00604. The van der Waals surface area contributed by atoms with Crippen molar-refractivity contribution in [3.63, 3.8) is 0 Å². The van der Waals surface area contributed by atoms with Crippen LogP contribution in [0.5, 0.6) is 0 Å². The maximum absolute atomic E-state index is 13.5. The Labute approximate surface area is 178 Å². The summed E-state index contributed by atoms with van der Waals surface area (Å²) in [5.41, 5.74) is 1.46. The van der Waals surface area contributed by atoms with Crippen LogP contribution in [-0.2, 0) is 14.3 Å². The molecule has 2 aliphatic heterocycles. The number of ether oxygens (including phenoxy) is 1. The van der Waals surface area contributed by atoms with Crippen LogP contribution in [0.3, 0.4) is 0 Å². The number of amides is 2. The van der Waals surface area contributed by atoms with Crippen LogP contribution in [0.15, 0.2) is 30.0 Å². The Morgan fingerprint density at radius 1 is 1.00 bits per heavy atom. The summed E-state index contributed by atoms with van der Waals surface area (Å²) in [7, 11) is 0. The van der Waals surface area contributed by atoms with E-state index in [1.807, 2.05) is 0 Å². The first-order valence-corrected chi connectivity index (χ1v) is 11.1. The van der Waals surface area contributed by atoms with E-state index in [-0.39, 0.29) is 17.6 Å². The largest absolute Gasteiger partial charge is 0.381 e. The molecule has 5 nitrogen and oxygen atoms in total. The van der Waals surface area contributed by atoms with E-state index in [0.717, 1.165) is 32.4 Å². The number of likely N-dealkylation sites (tertiary alicyclic amines) is 1. The fourth-order valence-electron chi connectivity index (χ4n) is 4.46. The van der Waals surface area contributed by atoms with E-state index >= 15 is 0 Å². The number of nitrogens with zero attached hydrogens (tertiary/aromatic N) is 2. The zero-order valence-electron chi connectivity index (χ0n) is 18.3. The summed E-state index contributed by atoms with van der Waals surface area (Å²) in [6.45, 7) is 9.51. The van der Waals surface area contributed by atoms with Gasteiger partial charge < -0.3 is 9.64 Å². The number of halogens is 1. The average molecular weight is 417 g/mol. The topological polar surface area (TPSA) is 49.9 Å². The van der Waals surface area contributed by atoms with Crippen molar-refractivity contribution in [2.75, 3.05) is 32.8 Å². The quantitative estimate of drug-likeness (QED) is 0.449. The molecular weight excluding hydrogens is 383 g/mol. The van der Waals surface area contributed by atoms with Gasteiger partial charge in [0, 0.05) is 32.8 Å². The van der Waals surface area contributed by atoms with Gasteiger partial charge in [-0.05, 0) is 48.8 Å². The van der Waals surface area contributed by atoms with Crippen molar-refractivity contribution in [1.29, 1.82) is 0 Å². The lowest BCUT2D eigenvalue weighted by Crippen LogP contribution is -2.42. The number of hydrogen-bond acceptors (Lipinski definition) is 4. The Bertz CT molecular complexity index is 780. The first kappa shape index (κ1) is 22.5. The monoisotopic (exact) mass is 416 g/mol. The Kier molecular flexibility index (Phi) is 7.64. The van der Waals surface area contributed by atoms with Gasteiger partial charge in [-0.2, -0.15) is 0 Å². The van der Waals surface area contributed by atoms with E-state index in [0.29, 0.717) is 54.8 Å². The third-order valence-corrected chi connectivity index (χ3v) is 5.77. The summed E-state index contributed by atoms with van der Waals surface area (Å²) >= 11 is 0. The van der Waals surface area contributed by atoms with Crippen molar-refractivity contribution in [2.24, 2.45) is 11.8 Å². The number of imide groups is 1. The zero-order chi connectivity index (χ0) is 21.7. The molecular formula is C24H33FN2O3. The van der Waals surface area contributed by atoms with Crippen molar-refractivity contribution >= 4 is 17.4 Å². The molecule has 2 amide bonds. The van der Waals surface area contributed by atoms with Crippen molar-refractivity contribution in [3.05, 3.63) is 41.3 Å². The smallest absolute Gasteiger partial charge is 0.277 e. The molecule has 0 saturated carbocycles. The number of carbonyl (C=O) groups excluding carboxylic acids is 2. The molecule has 164 valence electrons. The molecule has 1 aromatic carbocycles. The van der Waals surface area contributed by atoms with Gasteiger partial charge in [-0.25, -0.2) is 4.39 Å². The molecule has 1 saturated heterocycles. The second-order valence-corrected chi connectivity index (χ2v) is 8.66. The fraction of sp³-hybridized carbons (Fsp3) is 0.583. The van der Waals surface area contributed by atoms with Gasteiger partial charge in [0.2, 0.25) is 0 Å². The molecule has 30 heavy (non-hydrogen) atoms. The molecule has 6 heteroatoms. The minimum atomic E-state index is -0.362. The molecule has 0 aliphatic carbocycles. The van der Waals surface area contributed by atoms with Gasteiger partial charge in [0.15, 0.2) is 0 Å². The number of unbranched alkanes of at least 4 members (excludes halogenated alkanes) is 1. The van der Waals surface area contributed by atoms with Crippen LogP contribution >= 0.6 is 0 Å². The van der Waals surface area contributed by atoms with Gasteiger partial charge in [-0.1, -0.05) is 39.3 Å². The predicted octanol–water partition coefficient (Wildman–Crippen LogP) is 4.09. The highest BCUT2D eigenvalue weighted by Crippen LogP contribution is 2.35. The summed E-state index contributed by atoms with van der Waals surface area (Å²) < 4.78 is 19.1. The van der Waals surface area contributed by atoms with Crippen LogP contribution in [0.2, 0.25) is 0 Å². The lowest BCUT2D eigenvalue weighted by atomic mass is 9.91. The highest BCUT2D eigenvalue weighted by molar-refractivity contribution is 6.35. The van der Waals surface area contributed by atoms with Crippen LogP contribution in [0.25, 0.3) is 5.57 Å². The van der Waals surface area contributed by atoms with Crippen molar-refractivity contribution in [1.82, 2.24) is 9.80 Å². The minimum Gasteiger partial charge on any atom is -0.381 e. The molecule has 2 atom stereocenters. The number of hydrogen-bond donors (Lipinski definition) is 0. The van der Waals surface area contributed by atoms with Crippen LogP contribution in [0, 0.1) is 17.7 Å². The third kappa shape index (κ3) is 5.09. The van der Waals surface area contributed by atoms with Crippen LogP contribution < -0.4 is 0 Å². The van der Waals surface area contributed by atoms with Gasteiger partial charge in [-0.15, -0.1) is 0 Å². The molecule has 1 aromatic rings. The van der Waals surface area contributed by atoms with Gasteiger partial charge >= 0.3 is 0 Å². The van der Waals surface area contributed by atoms with E-state index < -0.39 is 0 Å². The Morgan fingerprint density at radius 2 is 1.63 bits per heavy atom. The fourth-order valence-corrected chi connectivity index (χ4v) is 4.46. The van der Waals surface area contributed by atoms with Crippen molar-refractivity contribution in [2.45, 2.75) is 46.5 Å². The summed E-state index contributed by atoms with van der Waals surface area (Å²) in [6, 6.07) is 5.85. The summed E-state index contributed by atoms with van der Waals surface area (Å²) in [5, 5.41) is 0. The lowest BCUT2D eigenvalue weighted by Gasteiger charge is -2.37. The molecule has 1 fully saturated rings. The van der Waals surface area contributed by atoms with E-state index in [4.69, 9.17) is 4.74 Å². The van der Waals surface area contributed by atoms with Crippen LogP contribution in [0.4, 0.5) is 4.39 Å². The molecule has 3 rings (SSSR count). The molecule has 0 aromatic heterocycles. The first-order valence-electron chi connectivity index (χ1n) is 11.1. The Hall–Kier alpha value is -2.21. The van der Waals surface area contributed by atoms with Gasteiger partial charge in [0.05, 0.1) is 5.57 Å². The number of piperidine rings is 1. The highest BCUT2D eigenvalue weighted by atomic mass is 19.1. The molecule has 0 radical (unpaired) electrons. The van der Waals surface area contributed by atoms with Crippen LogP contribution in [-0.4, -0.2) is 54.5 Å². The SMILES string of the molecule is CCCCOCCCN1C(=O)C(c2ccc(F)cc2)=C(N2CC(C)CC(C)C2)C1=O. The average Bonchev–Trinajstić information content (AvgIpc) is 2.95. The number of rotatable bonds is 9. The molecule has 2 unspecified atom stereocenters. The summed E-state index contributed by atoms with van der Waals surface area (Å²) in [4.78, 5) is 30.0. The number of benzene rings is 1. The highest BCUT2D eigenvalue weighted by Gasteiger charge is 2.42. The van der Waals surface area contributed by atoms with Crippen LogP contribution in [0.1, 0.15) is 52.0 Å². The van der Waals surface area contributed by atoms with Gasteiger partial charge in [0.1, 0.15) is 11.5 Å². The Balaban J connectivity index is 1.83. The predicted molar refractivity (Wildman–Crippen MR) is 115 cm³/mol. The maximum atomic E-state index is 13.5. The second kappa shape index (κ2) is 10.2. The van der Waals surface area contributed by atoms with Crippen molar-refractivity contribution in [3.8, 4) is 0 Å². The minimum absolute atomic E-state index is 0.241. The second-order valence-electron chi connectivity index (χ2n) is 8.66. The van der Waals surface area contributed by atoms with Crippen molar-refractivity contribution < 1.29 is 18.7 Å². The molecule has 2 aliphatic rings. The molecule has 0 N–H and O–H groups in total. The normalized spacial score (nSPS) is 22.4. The van der Waals surface area contributed by atoms with E-state index in [9.17, 15) is 14.0 Å². The van der Waals surface area contributed by atoms with Gasteiger partial charge in [0.25, 0.3) is 11.8 Å². The van der Waals surface area contributed by atoms with E-state index in [1.54, 1.807) is 12.1 Å². The number of carbonyl (C=O) groups is 2. The first-order chi connectivity index (χ1) is 14.4. The lowest BCUT2D eigenvalue weighted by molar-refractivity contribution is -0.137. The van der Waals surface area contributed by atoms with E-state index in [1.165, 1.54) is 17.0 Å². The molecule has 0 bridgehead atoms.